The lowest BCUT2D eigenvalue weighted by atomic mass is 9.97. The maximum atomic E-state index is 9.55. The van der Waals surface area contributed by atoms with Crippen LogP contribution in [-0.2, 0) is 25.9 Å². The number of hydrogen-bond donors (Lipinski definition) is 1. The van der Waals surface area contributed by atoms with E-state index >= 15 is 0 Å². The summed E-state index contributed by atoms with van der Waals surface area (Å²) in [5, 5.41) is 19.0. The van der Waals surface area contributed by atoms with Gasteiger partial charge in [0, 0.05) is 11.4 Å². The highest BCUT2D eigenvalue weighted by atomic mass is 32.1. The SMILES string of the molecule is C[C@H](O)c1cn(CC2CCN(Cc3nc4c(s3)CCCC4)CC2)nn1. The lowest BCUT2D eigenvalue weighted by Gasteiger charge is -2.31. The number of aromatic nitrogens is 4. The normalized spacial score (nSPS) is 20.6. The Morgan fingerprint density at radius 2 is 2.08 bits per heavy atom. The number of aryl methyl sites for hydroxylation is 2. The standard InChI is InChI=1S/C18H27N5OS/c1-13(24)16-11-23(21-20-16)10-14-6-8-22(9-7-14)12-18-19-15-4-2-3-5-17(15)25-18/h11,13-14,24H,2-10,12H2,1H3/t13-/m0/s1. The van der Waals surface area contributed by atoms with Gasteiger partial charge in [-0.1, -0.05) is 5.21 Å². The minimum Gasteiger partial charge on any atom is -0.387 e. The van der Waals surface area contributed by atoms with Crippen molar-refractivity contribution < 1.29 is 5.11 Å². The summed E-state index contributed by atoms with van der Waals surface area (Å²) >= 11 is 1.94. The Hall–Kier alpha value is -1.31. The molecule has 7 heteroatoms. The third kappa shape index (κ3) is 4.10. The number of likely N-dealkylation sites (tertiary alicyclic amines) is 1. The summed E-state index contributed by atoms with van der Waals surface area (Å²) in [5.74, 6) is 0.643. The third-order valence-electron chi connectivity index (χ3n) is 5.39. The van der Waals surface area contributed by atoms with Crippen molar-refractivity contribution >= 4 is 11.3 Å². The fourth-order valence-electron chi connectivity index (χ4n) is 3.85. The Morgan fingerprint density at radius 3 is 2.80 bits per heavy atom. The van der Waals surface area contributed by atoms with Crippen molar-refractivity contribution in [2.75, 3.05) is 13.1 Å². The average Bonchev–Trinajstić information content (AvgIpc) is 3.23. The molecule has 0 saturated carbocycles. The molecule has 0 bridgehead atoms. The van der Waals surface area contributed by atoms with Crippen LogP contribution in [-0.4, -0.2) is 43.1 Å². The van der Waals surface area contributed by atoms with Gasteiger partial charge in [-0.15, -0.1) is 16.4 Å². The summed E-state index contributed by atoms with van der Waals surface area (Å²) in [6.45, 7) is 5.90. The average molecular weight is 362 g/mol. The molecule has 4 rings (SSSR count). The lowest BCUT2D eigenvalue weighted by Crippen LogP contribution is -2.34. The van der Waals surface area contributed by atoms with Crippen LogP contribution >= 0.6 is 11.3 Å². The van der Waals surface area contributed by atoms with Crippen LogP contribution in [0.15, 0.2) is 6.20 Å². The Kier molecular flexibility index (Phi) is 5.15. The first-order chi connectivity index (χ1) is 12.2. The zero-order valence-electron chi connectivity index (χ0n) is 14.9. The fourth-order valence-corrected chi connectivity index (χ4v) is 5.05. The molecule has 25 heavy (non-hydrogen) atoms. The summed E-state index contributed by atoms with van der Waals surface area (Å²) in [5.41, 5.74) is 2.03. The van der Waals surface area contributed by atoms with Gasteiger partial charge >= 0.3 is 0 Å². The zero-order chi connectivity index (χ0) is 17.2. The van der Waals surface area contributed by atoms with Gasteiger partial charge in [-0.3, -0.25) is 9.58 Å². The van der Waals surface area contributed by atoms with Gasteiger partial charge in [0.15, 0.2) is 0 Å². The number of aliphatic hydroxyl groups excluding tert-OH is 1. The Labute approximate surface area is 152 Å². The van der Waals surface area contributed by atoms with Crippen LogP contribution in [0.4, 0.5) is 0 Å². The second-order valence-electron chi connectivity index (χ2n) is 7.45. The summed E-state index contributed by atoms with van der Waals surface area (Å²) in [4.78, 5) is 8.96. The van der Waals surface area contributed by atoms with E-state index in [0.29, 0.717) is 11.6 Å². The van der Waals surface area contributed by atoms with Crippen molar-refractivity contribution in [3.05, 3.63) is 27.5 Å². The molecule has 0 amide bonds. The molecule has 2 aromatic heterocycles. The van der Waals surface area contributed by atoms with Crippen LogP contribution in [0.3, 0.4) is 0 Å². The molecule has 1 aliphatic carbocycles. The van der Waals surface area contributed by atoms with Crippen molar-refractivity contribution in [1.82, 2.24) is 24.9 Å². The second kappa shape index (κ2) is 7.51. The van der Waals surface area contributed by atoms with Crippen molar-refractivity contribution in [2.45, 2.75) is 64.6 Å². The lowest BCUT2D eigenvalue weighted by molar-refractivity contribution is 0.164. The van der Waals surface area contributed by atoms with E-state index in [-0.39, 0.29) is 0 Å². The molecule has 136 valence electrons. The minimum atomic E-state index is -0.542. The number of rotatable bonds is 5. The number of nitrogens with zero attached hydrogens (tertiary/aromatic N) is 5. The molecule has 1 N–H and O–H groups in total. The molecular weight excluding hydrogens is 334 g/mol. The van der Waals surface area contributed by atoms with Crippen molar-refractivity contribution in [3.63, 3.8) is 0 Å². The van der Waals surface area contributed by atoms with Crippen LogP contribution in [0.25, 0.3) is 0 Å². The topological polar surface area (TPSA) is 67.1 Å². The molecule has 3 heterocycles. The van der Waals surface area contributed by atoms with E-state index < -0.39 is 6.10 Å². The van der Waals surface area contributed by atoms with Crippen LogP contribution in [0.5, 0.6) is 0 Å². The number of fused-ring (bicyclic) bond motifs is 1. The first-order valence-electron chi connectivity index (χ1n) is 9.45. The van der Waals surface area contributed by atoms with Crippen LogP contribution in [0.1, 0.15) is 60.0 Å². The van der Waals surface area contributed by atoms with Crippen LogP contribution in [0, 0.1) is 5.92 Å². The third-order valence-corrected chi connectivity index (χ3v) is 6.53. The summed E-state index contributed by atoms with van der Waals surface area (Å²) in [7, 11) is 0. The summed E-state index contributed by atoms with van der Waals surface area (Å²) in [6, 6.07) is 0. The molecule has 2 aromatic rings. The number of aliphatic hydroxyl groups is 1. The van der Waals surface area contributed by atoms with Gasteiger partial charge in [-0.25, -0.2) is 4.98 Å². The molecule has 1 atom stereocenters. The van der Waals surface area contributed by atoms with Gasteiger partial charge in [-0.2, -0.15) is 0 Å². The fraction of sp³-hybridized carbons (Fsp3) is 0.722. The van der Waals surface area contributed by atoms with Crippen LogP contribution < -0.4 is 0 Å². The molecule has 1 saturated heterocycles. The van der Waals surface area contributed by atoms with Crippen molar-refractivity contribution in [1.29, 1.82) is 0 Å². The minimum absolute atomic E-state index is 0.542. The quantitative estimate of drug-likeness (QED) is 0.887. The Balaban J connectivity index is 1.27. The van der Waals surface area contributed by atoms with E-state index in [2.05, 4.69) is 15.2 Å². The van der Waals surface area contributed by atoms with E-state index in [4.69, 9.17) is 4.98 Å². The van der Waals surface area contributed by atoms with E-state index in [1.165, 1.54) is 54.1 Å². The molecule has 1 aliphatic heterocycles. The smallest absolute Gasteiger partial charge is 0.111 e. The van der Waals surface area contributed by atoms with Gasteiger partial charge in [0.25, 0.3) is 0 Å². The number of hydrogen-bond acceptors (Lipinski definition) is 6. The highest BCUT2D eigenvalue weighted by molar-refractivity contribution is 7.11. The Morgan fingerprint density at radius 1 is 1.28 bits per heavy atom. The summed E-state index contributed by atoms with van der Waals surface area (Å²) < 4.78 is 1.89. The number of thiazole rings is 1. The zero-order valence-corrected chi connectivity index (χ0v) is 15.7. The first-order valence-corrected chi connectivity index (χ1v) is 10.3. The van der Waals surface area contributed by atoms with Crippen molar-refractivity contribution in [3.8, 4) is 0 Å². The highest BCUT2D eigenvalue weighted by Crippen LogP contribution is 2.28. The molecule has 0 spiro atoms. The Bertz CT molecular complexity index is 679. The van der Waals surface area contributed by atoms with E-state index in [0.717, 1.165) is 26.2 Å². The maximum Gasteiger partial charge on any atom is 0.111 e. The first kappa shape index (κ1) is 17.1. The molecule has 0 aromatic carbocycles. The van der Waals surface area contributed by atoms with Gasteiger partial charge in [0.05, 0.1) is 24.5 Å². The monoisotopic (exact) mass is 361 g/mol. The molecular formula is C18H27N5OS. The molecule has 2 aliphatic rings. The van der Waals surface area contributed by atoms with E-state index in [1.54, 1.807) is 6.92 Å². The molecule has 1 fully saturated rings. The summed E-state index contributed by atoms with van der Waals surface area (Å²) in [6.07, 6.45) is 8.77. The van der Waals surface area contributed by atoms with E-state index in [1.807, 2.05) is 22.2 Å². The van der Waals surface area contributed by atoms with Crippen LogP contribution in [0.2, 0.25) is 0 Å². The highest BCUT2D eigenvalue weighted by Gasteiger charge is 2.22. The largest absolute Gasteiger partial charge is 0.387 e. The molecule has 6 nitrogen and oxygen atoms in total. The predicted molar refractivity (Wildman–Crippen MR) is 97.4 cm³/mol. The van der Waals surface area contributed by atoms with Crippen molar-refractivity contribution in [2.24, 2.45) is 5.92 Å². The maximum absolute atomic E-state index is 9.55. The molecule has 0 radical (unpaired) electrons. The second-order valence-corrected chi connectivity index (χ2v) is 8.61. The van der Waals surface area contributed by atoms with Gasteiger partial charge < -0.3 is 5.11 Å². The van der Waals surface area contributed by atoms with E-state index in [9.17, 15) is 5.11 Å². The molecule has 0 unspecified atom stereocenters. The van der Waals surface area contributed by atoms with Gasteiger partial charge in [-0.05, 0) is 64.5 Å². The predicted octanol–water partition coefficient (Wildman–Crippen LogP) is 2.58. The number of piperidine rings is 1. The van der Waals surface area contributed by atoms with Gasteiger partial charge in [0.2, 0.25) is 0 Å². The van der Waals surface area contributed by atoms with Gasteiger partial charge in [0.1, 0.15) is 10.7 Å².